The van der Waals surface area contributed by atoms with Gasteiger partial charge in [-0.25, -0.2) is 0 Å². The molecule has 3 heteroatoms. The standard InChI is InChI=1S/C12H22N2O/c1-4-14(11(2)9-15-3)10-12(5-6-12)7-8-13/h11H,4-7,9-10H2,1-3H3. The number of nitrogens with zero attached hydrogens (tertiary/aromatic N) is 2. The maximum absolute atomic E-state index is 8.78. The monoisotopic (exact) mass is 210 g/mol. The van der Waals surface area contributed by atoms with Crippen LogP contribution in [0.3, 0.4) is 0 Å². The molecule has 3 nitrogen and oxygen atoms in total. The number of rotatable bonds is 7. The number of hydrogen-bond donors (Lipinski definition) is 0. The van der Waals surface area contributed by atoms with Gasteiger partial charge in [-0.3, -0.25) is 4.90 Å². The lowest BCUT2D eigenvalue weighted by molar-refractivity contribution is 0.0885. The van der Waals surface area contributed by atoms with Crippen LogP contribution >= 0.6 is 0 Å². The normalized spacial score (nSPS) is 19.9. The molecule has 0 N–H and O–H groups in total. The number of hydrogen-bond acceptors (Lipinski definition) is 3. The van der Waals surface area contributed by atoms with Crippen molar-refractivity contribution in [1.82, 2.24) is 4.90 Å². The average Bonchev–Trinajstić information content (AvgIpc) is 2.96. The number of ether oxygens (including phenoxy) is 1. The predicted molar refractivity (Wildman–Crippen MR) is 60.5 cm³/mol. The first-order valence-electron chi connectivity index (χ1n) is 5.77. The summed E-state index contributed by atoms with van der Waals surface area (Å²) in [5.41, 5.74) is 0.312. The second kappa shape index (κ2) is 5.48. The summed E-state index contributed by atoms with van der Waals surface area (Å²) in [7, 11) is 1.74. The second-order valence-corrected chi connectivity index (χ2v) is 4.70. The first-order chi connectivity index (χ1) is 7.17. The lowest BCUT2D eigenvalue weighted by atomic mass is 10.0. The third kappa shape index (κ3) is 3.48. The minimum absolute atomic E-state index is 0.312. The van der Waals surface area contributed by atoms with E-state index in [1.165, 1.54) is 12.8 Å². The van der Waals surface area contributed by atoms with Crippen molar-refractivity contribution in [3.63, 3.8) is 0 Å². The Morgan fingerprint density at radius 1 is 1.53 bits per heavy atom. The van der Waals surface area contributed by atoms with Crippen LogP contribution in [0.1, 0.15) is 33.1 Å². The number of methoxy groups -OCH3 is 1. The fraction of sp³-hybridized carbons (Fsp3) is 0.917. The molecule has 0 aromatic heterocycles. The van der Waals surface area contributed by atoms with Gasteiger partial charge in [0, 0.05) is 26.1 Å². The molecule has 0 aromatic rings. The van der Waals surface area contributed by atoms with Crippen LogP contribution < -0.4 is 0 Å². The molecule has 0 amide bonds. The molecule has 1 aliphatic carbocycles. The first-order valence-corrected chi connectivity index (χ1v) is 5.77. The lowest BCUT2D eigenvalue weighted by Gasteiger charge is -2.30. The topological polar surface area (TPSA) is 36.3 Å². The Labute approximate surface area is 93.0 Å². The van der Waals surface area contributed by atoms with Crippen molar-refractivity contribution in [1.29, 1.82) is 5.26 Å². The Morgan fingerprint density at radius 3 is 2.60 bits per heavy atom. The molecule has 0 aliphatic heterocycles. The minimum Gasteiger partial charge on any atom is -0.383 e. The zero-order valence-electron chi connectivity index (χ0n) is 10.1. The fourth-order valence-electron chi connectivity index (χ4n) is 2.09. The molecule has 86 valence electrons. The van der Waals surface area contributed by atoms with Crippen LogP contribution in [0.15, 0.2) is 0 Å². The van der Waals surface area contributed by atoms with Crippen molar-refractivity contribution in [3.05, 3.63) is 0 Å². The zero-order valence-corrected chi connectivity index (χ0v) is 10.1. The highest BCUT2D eigenvalue weighted by atomic mass is 16.5. The third-order valence-electron chi connectivity index (χ3n) is 3.39. The molecule has 1 atom stereocenters. The van der Waals surface area contributed by atoms with E-state index >= 15 is 0 Å². The van der Waals surface area contributed by atoms with Gasteiger partial charge < -0.3 is 4.74 Å². The van der Waals surface area contributed by atoms with E-state index in [1.807, 2.05) is 0 Å². The van der Waals surface area contributed by atoms with Crippen molar-refractivity contribution in [2.45, 2.75) is 39.2 Å². The van der Waals surface area contributed by atoms with Crippen LogP contribution in [0, 0.1) is 16.7 Å². The summed E-state index contributed by atoms with van der Waals surface area (Å²) in [4.78, 5) is 2.42. The van der Waals surface area contributed by atoms with Crippen LogP contribution in [0.2, 0.25) is 0 Å². The van der Waals surface area contributed by atoms with Gasteiger partial charge in [-0.2, -0.15) is 5.26 Å². The minimum atomic E-state index is 0.312. The fourth-order valence-corrected chi connectivity index (χ4v) is 2.09. The van der Waals surface area contributed by atoms with Gasteiger partial charge in [-0.15, -0.1) is 0 Å². The van der Waals surface area contributed by atoms with Crippen molar-refractivity contribution >= 4 is 0 Å². The molecular weight excluding hydrogens is 188 g/mol. The molecule has 0 aromatic carbocycles. The first kappa shape index (κ1) is 12.5. The highest BCUT2D eigenvalue weighted by Crippen LogP contribution is 2.49. The van der Waals surface area contributed by atoms with Crippen LogP contribution in [-0.4, -0.2) is 37.7 Å². The molecule has 0 heterocycles. The van der Waals surface area contributed by atoms with E-state index in [0.29, 0.717) is 17.9 Å². The second-order valence-electron chi connectivity index (χ2n) is 4.70. The summed E-state index contributed by atoms with van der Waals surface area (Å²) < 4.78 is 5.17. The molecular formula is C12H22N2O. The maximum Gasteiger partial charge on any atom is 0.0628 e. The van der Waals surface area contributed by atoms with Crippen LogP contribution in [0.25, 0.3) is 0 Å². The van der Waals surface area contributed by atoms with E-state index in [9.17, 15) is 0 Å². The van der Waals surface area contributed by atoms with Gasteiger partial charge in [0.25, 0.3) is 0 Å². The number of nitriles is 1. The van der Waals surface area contributed by atoms with Crippen molar-refractivity contribution in [2.24, 2.45) is 5.41 Å². The molecule has 15 heavy (non-hydrogen) atoms. The molecule has 0 bridgehead atoms. The van der Waals surface area contributed by atoms with Crippen LogP contribution in [0.4, 0.5) is 0 Å². The Balaban J connectivity index is 2.43. The maximum atomic E-state index is 8.78. The Hall–Kier alpha value is -0.590. The SMILES string of the molecule is CCN(CC1(CC#N)CC1)C(C)COC. The Morgan fingerprint density at radius 2 is 2.20 bits per heavy atom. The van der Waals surface area contributed by atoms with E-state index in [-0.39, 0.29) is 0 Å². The largest absolute Gasteiger partial charge is 0.383 e. The van der Waals surface area contributed by atoms with E-state index in [2.05, 4.69) is 24.8 Å². The molecule has 0 spiro atoms. The van der Waals surface area contributed by atoms with E-state index in [4.69, 9.17) is 10.00 Å². The van der Waals surface area contributed by atoms with E-state index < -0.39 is 0 Å². The van der Waals surface area contributed by atoms with Gasteiger partial charge in [0.05, 0.1) is 12.7 Å². The molecule has 1 saturated carbocycles. The van der Waals surface area contributed by atoms with Crippen LogP contribution in [0.5, 0.6) is 0 Å². The average molecular weight is 210 g/mol. The highest BCUT2D eigenvalue weighted by Gasteiger charge is 2.43. The summed E-state index contributed by atoms with van der Waals surface area (Å²) in [6, 6.07) is 2.77. The van der Waals surface area contributed by atoms with Crippen molar-refractivity contribution in [3.8, 4) is 6.07 Å². The zero-order chi connectivity index (χ0) is 11.3. The van der Waals surface area contributed by atoms with Gasteiger partial charge >= 0.3 is 0 Å². The third-order valence-corrected chi connectivity index (χ3v) is 3.39. The van der Waals surface area contributed by atoms with Gasteiger partial charge in [-0.05, 0) is 31.7 Å². The number of likely N-dealkylation sites (N-methyl/N-ethyl adjacent to an activating group) is 1. The molecule has 0 radical (unpaired) electrons. The summed E-state index contributed by atoms with van der Waals surface area (Å²) in [6.07, 6.45) is 3.15. The highest BCUT2D eigenvalue weighted by molar-refractivity contribution is 5.01. The summed E-state index contributed by atoms with van der Waals surface area (Å²) in [5.74, 6) is 0. The smallest absolute Gasteiger partial charge is 0.0628 e. The van der Waals surface area contributed by atoms with E-state index in [0.717, 1.165) is 19.7 Å². The van der Waals surface area contributed by atoms with Gasteiger partial charge in [0.15, 0.2) is 0 Å². The van der Waals surface area contributed by atoms with Gasteiger partial charge in [0.1, 0.15) is 0 Å². The molecule has 1 unspecified atom stereocenters. The summed E-state index contributed by atoms with van der Waals surface area (Å²) in [5, 5.41) is 8.78. The quantitative estimate of drug-likeness (QED) is 0.645. The van der Waals surface area contributed by atoms with Crippen LogP contribution in [-0.2, 0) is 4.74 Å². The molecule has 1 rings (SSSR count). The molecule has 1 fully saturated rings. The van der Waals surface area contributed by atoms with Crippen molar-refractivity contribution in [2.75, 3.05) is 26.8 Å². The van der Waals surface area contributed by atoms with Crippen molar-refractivity contribution < 1.29 is 4.74 Å². The molecule has 0 saturated heterocycles. The summed E-state index contributed by atoms with van der Waals surface area (Å²) >= 11 is 0. The summed E-state index contributed by atoms with van der Waals surface area (Å²) in [6.45, 7) is 7.24. The molecule has 1 aliphatic rings. The van der Waals surface area contributed by atoms with E-state index in [1.54, 1.807) is 7.11 Å². The predicted octanol–water partition coefficient (Wildman–Crippen LogP) is 2.04. The Kier molecular flexibility index (Phi) is 4.56. The Bertz CT molecular complexity index is 230. The van der Waals surface area contributed by atoms with Gasteiger partial charge in [-0.1, -0.05) is 6.92 Å². The lowest BCUT2D eigenvalue weighted by Crippen LogP contribution is -2.40. The van der Waals surface area contributed by atoms with Gasteiger partial charge in [0.2, 0.25) is 0 Å².